The highest BCUT2D eigenvalue weighted by Gasteiger charge is 2.26. The monoisotopic (exact) mass is 383 g/mol. The van der Waals surface area contributed by atoms with Crippen molar-refractivity contribution in [3.05, 3.63) is 47.5 Å². The first-order chi connectivity index (χ1) is 13.7. The molecule has 1 saturated carbocycles. The van der Waals surface area contributed by atoms with Crippen LogP contribution in [0.15, 0.2) is 30.3 Å². The normalized spacial score (nSPS) is 20.2. The van der Waals surface area contributed by atoms with Gasteiger partial charge in [0.05, 0.1) is 12.1 Å². The third kappa shape index (κ3) is 5.17. The molecular formula is C21H29N5O2. The summed E-state index contributed by atoms with van der Waals surface area (Å²) in [5.74, 6) is 2.09. The molecule has 2 heterocycles. The van der Waals surface area contributed by atoms with Crippen LogP contribution in [0, 0.1) is 5.92 Å². The lowest BCUT2D eigenvalue weighted by molar-refractivity contribution is -0.122. The minimum atomic E-state index is -0.297. The Hall–Kier alpha value is -2.25. The van der Waals surface area contributed by atoms with Crippen LogP contribution in [0.1, 0.15) is 48.9 Å². The second-order valence-corrected chi connectivity index (χ2v) is 7.93. The van der Waals surface area contributed by atoms with Crippen LogP contribution in [0.3, 0.4) is 0 Å². The van der Waals surface area contributed by atoms with Crippen molar-refractivity contribution in [2.24, 2.45) is 11.7 Å². The molecule has 7 nitrogen and oxygen atoms in total. The fourth-order valence-electron chi connectivity index (χ4n) is 3.64. The summed E-state index contributed by atoms with van der Waals surface area (Å²) >= 11 is 0. The van der Waals surface area contributed by atoms with E-state index in [0.717, 1.165) is 37.3 Å². The van der Waals surface area contributed by atoms with Crippen molar-refractivity contribution in [1.82, 2.24) is 20.1 Å². The summed E-state index contributed by atoms with van der Waals surface area (Å²) in [6.45, 7) is 1.47. The van der Waals surface area contributed by atoms with Gasteiger partial charge in [-0.2, -0.15) is 5.10 Å². The Kier molecular flexibility index (Phi) is 6.02. The van der Waals surface area contributed by atoms with E-state index >= 15 is 0 Å². The summed E-state index contributed by atoms with van der Waals surface area (Å²) in [6.07, 6.45) is 6.21. The van der Waals surface area contributed by atoms with E-state index in [1.54, 1.807) is 4.68 Å². The van der Waals surface area contributed by atoms with Gasteiger partial charge in [-0.3, -0.25) is 4.79 Å². The Bertz CT molecular complexity index is 781. The first-order valence-electron chi connectivity index (χ1n) is 10.3. The standard InChI is InChI=1S/C21H29N5O2/c22-18(11-15-5-2-1-3-6-15)21-24-19(12-16-8-9-16)25-26(21)14-20(27)23-13-17-7-4-10-28-17/h1-3,5-6,16-18H,4,7-14,22H2,(H,23,27)/t17-,18+/m0/s1. The summed E-state index contributed by atoms with van der Waals surface area (Å²) in [5, 5.41) is 7.56. The molecule has 0 unspecified atom stereocenters. The lowest BCUT2D eigenvalue weighted by Crippen LogP contribution is -2.35. The Morgan fingerprint density at radius 1 is 1.29 bits per heavy atom. The Morgan fingerprint density at radius 3 is 2.82 bits per heavy atom. The topological polar surface area (TPSA) is 95.1 Å². The minimum absolute atomic E-state index is 0.0773. The van der Waals surface area contributed by atoms with Crippen LogP contribution in [0.5, 0.6) is 0 Å². The second-order valence-electron chi connectivity index (χ2n) is 7.93. The van der Waals surface area contributed by atoms with Gasteiger partial charge in [0.15, 0.2) is 5.82 Å². The molecule has 1 aliphatic carbocycles. The number of amides is 1. The fraction of sp³-hybridized carbons (Fsp3) is 0.571. The fourth-order valence-corrected chi connectivity index (χ4v) is 3.64. The van der Waals surface area contributed by atoms with E-state index in [-0.39, 0.29) is 24.6 Å². The average Bonchev–Trinajstić information content (AvgIpc) is 3.18. The van der Waals surface area contributed by atoms with Gasteiger partial charge in [0.25, 0.3) is 0 Å². The molecule has 7 heteroatoms. The third-order valence-electron chi connectivity index (χ3n) is 5.39. The molecule has 1 amide bonds. The Morgan fingerprint density at radius 2 is 2.11 bits per heavy atom. The van der Waals surface area contributed by atoms with Crippen LogP contribution in [-0.4, -0.2) is 39.9 Å². The number of hydrogen-bond donors (Lipinski definition) is 2. The molecule has 3 N–H and O–H groups in total. The number of rotatable bonds is 9. The van der Waals surface area contributed by atoms with Gasteiger partial charge in [-0.15, -0.1) is 0 Å². The highest BCUT2D eigenvalue weighted by atomic mass is 16.5. The number of hydrogen-bond acceptors (Lipinski definition) is 5. The van der Waals surface area contributed by atoms with Crippen LogP contribution in [-0.2, 0) is 28.9 Å². The van der Waals surface area contributed by atoms with Crippen molar-refractivity contribution in [3.63, 3.8) is 0 Å². The maximum absolute atomic E-state index is 12.5. The molecule has 1 saturated heterocycles. The highest BCUT2D eigenvalue weighted by molar-refractivity contribution is 5.75. The molecule has 0 radical (unpaired) electrons. The van der Waals surface area contributed by atoms with Crippen molar-refractivity contribution < 1.29 is 9.53 Å². The lowest BCUT2D eigenvalue weighted by Gasteiger charge is -2.14. The van der Waals surface area contributed by atoms with Crippen LogP contribution in [0.25, 0.3) is 0 Å². The van der Waals surface area contributed by atoms with E-state index in [1.807, 2.05) is 18.2 Å². The van der Waals surface area contributed by atoms with Gasteiger partial charge in [0.2, 0.25) is 5.91 Å². The molecule has 2 aromatic rings. The van der Waals surface area contributed by atoms with E-state index < -0.39 is 0 Å². The van der Waals surface area contributed by atoms with Crippen molar-refractivity contribution in [2.75, 3.05) is 13.2 Å². The summed E-state index contributed by atoms with van der Waals surface area (Å²) < 4.78 is 7.26. The average molecular weight is 383 g/mol. The zero-order valence-corrected chi connectivity index (χ0v) is 16.2. The van der Waals surface area contributed by atoms with E-state index in [9.17, 15) is 4.79 Å². The van der Waals surface area contributed by atoms with Crippen LogP contribution in [0.4, 0.5) is 0 Å². The molecule has 28 heavy (non-hydrogen) atoms. The molecule has 2 fully saturated rings. The SMILES string of the molecule is N[C@H](Cc1ccccc1)c1nc(CC2CC2)nn1CC(=O)NC[C@@H]1CCCO1. The van der Waals surface area contributed by atoms with Crippen LogP contribution >= 0.6 is 0 Å². The number of benzene rings is 1. The maximum atomic E-state index is 12.5. The number of carbonyl (C=O) groups excluding carboxylic acids is 1. The number of nitrogens with zero attached hydrogens (tertiary/aromatic N) is 3. The van der Waals surface area contributed by atoms with Crippen molar-refractivity contribution in [1.29, 1.82) is 0 Å². The molecular weight excluding hydrogens is 354 g/mol. The summed E-state index contributed by atoms with van der Waals surface area (Å²) in [5.41, 5.74) is 7.61. The number of nitrogens with two attached hydrogens (primary N) is 1. The van der Waals surface area contributed by atoms with Crippen molar-refractivity contribution >= 4 is 5.91 Å². The molecule has 2 atom stereocenters. The zero-order chi connectivity index (χ0) is 19.3. The number of nitrogens with one attached hydrogen (secondary N) is 1. The molecule has 1 aromatic heterocycles. The van der Waals surface area contributed by atoms with Crippen molar-refractivity contribution in [2.45, 2.75) is 57.2 Å². The number of carbonyl (C=O) groups is 1. The predicted octanol–water partition coefficient (Wildman–Crippen LogP) is 1.77. The lowest BCUT2D eigenvalue weighted by atomic mass is 10.1. The van der Waals surface area contributed by atoms with Crippen molar-refractivity contribution in [3.8, 4) is 0 Å². The van der Waals surface area contributed by atoms with Gasteiger partial charge in [-0.1, -0.05) is 30.3 Å². The van der Waals surface area contributed by atoms with E-state index in [0.29, 0.717) is 24.7 Å². The zero-order valence-electron chi connectivity index (χ0n) is 16.2. The summed E-state index contributed by atoms with van der Waals surface area (Å²) in [4.78, 5) is 17.1. The van der Waals surface area contributed by atoms with Gasteiger partial charge >= 0.3 is 0 Å². The molecule has 2 aliphatic rings. The van der Waals surface area contributed by atoms with E-state index in [1.165, 1.54) is 12.8 Å². The second kappa shape index (κ2) is 8.84. The molecule has 4 rings (SSSR count). The minimum Gasteiger partial charge on any atom is -0.376 e. The van der Waals surface area contributed by atoms with E-state index in [2.05, 4.69) is 22.5 Å². The predicted molar refractivity (Wildman–Crippen MR) is 106 cm³/mol. The quantitative estimate of drug-likeness (QED) is 0.688. The summed E-state index contributed by atoms with van der Waals surface area (Å²) in [6, 6.07) is 9.81. The molecule has 0 bridgehead atoms. The van der Waals surface area contributed by atoms with Gasteiger partial charge in [0, 0.05) is 19.6 Å². The van der Waals surface area contributed by atoms with Gasteiger partial charge < -0.3 is 15.8 Å². The molecule has 1 aromatic carbocycles. The van der Waals surface area contributed by atoms with Gasteiger partial charge in [-0.25, -0.2) is 9.67 Å². The van der Waals surface area contributed by atoms with Crippen LogP contribution in [0.2, 0.25) is 0 Å². The third-order valence-corrected chi connectivity index (χ3v) is 5.39. The molecule has 0 spiro atoms. The number of aromatic nitrogens is 3. The molecule has 1 aliphatic heterocycles. The Balaban J connectivity index is 1.42. The maximum Gasteiger partial charge on any atom is 0.241 e. The van der Waals surface area contributed by atoms with Gasteiger partial charge in [-0.05, 0) is 43.6 Å². The van der Waals surface area contributed by atoms with Gasteiger partial charge in [0.1, 0.15) is 12.4 Å². The van der Waals surface area contributed by atoms with Crippen LogP contribution < -0.4 is 11.1 Å². The Labute approximate surface area is 165 Å². The van der Waals surface area contributed by atoms with E-state index in [4.69, 9.17) is 15.5 Å². The largest absolute Gasteiger partial charge is 0.376 e. The smallest absolute Gasteiger partial charge is 0.241 e. The molecule has 150 valence electrons. The number of ether oxygens (including phenoxy) is 1. The first kappa shape index (κ1) is 19.1. The highest BCUT2D eigenvalue weighted by Crippen LogP contribution is 2.32. The first-order valence-corrected chi connectivity index (χ1v) is 10.3. The summed E-state index contributed by atoms with van der Waals surface area (Å²) in [7, 11) is 0.